The molecule has 4 nitrogen and oxygen atoms in total. The minimum Gasteiger partial charge on any atom is -0.377 e. The van der Waals surface area contributed by atoms with Crippen molar-refractivity contribution in [3.8, 4) is 0 Å². The Morgan fingerprint density at radius 3 is 2.89 bits per heavy atom. The Labute approximate surface area is 109 Å². The van der Waals surface area contributed by atoms with Crippen molar-refractivity contribution >= 4 is 0 Å². The van der Waals surface area contributed by atoms with Crippen molar-refractivity contribution < 1.29 is 4.74 Å². The Morgan fingerprint density at radius 2 is 2.22 bits per heavy atom. The van der Waals surface area contributed by atoms with Gasteiger partial charge in [0.1, 0.15) is 0 Å². The van der Waals surface area contributed by atoms with Crippen molar-refractivity contribution in [2.45, 2.75) is 32.4 Å². The van der Waals surface area contributed by atoms with E-state index < -0.39 is 0 Å². The van der Waals surface area contributed by atoms with E-state index in [4.69, 9.17) is 10.5 Å². The normalized spacial score (nSPS) is 18.1. The molecular formula is C14H23N3O. The summed E-state index contributed by atoms with van der Waals surface area (Å²) in [5.41, 5.74) is 7.92. The Kier molecular flexibility index (Phi) is 5.11. The minimum absolute atomic E-state index is 0.398. The molecule has 1 aromatic heterocycles. The number of nitrogens with two attached hydrogens (primary N) is 1. The Morgan fingerprint density at radius 1 is 1.44 bits per heavy atom. The molecule has 100 valence electrons. The maximum absolute atomic E-state index is 5.69. The lowest BCUT2D eigenvalue weighted by atomic mass is 10.1. The molecule has 0 aliphatic carbocycles. The van der Waals surface area contributed by atoms with Crippen LogP contribution in [0.5, 0.6) is 0 Å². The highest BCUT2D eigenvalue weighted by molar-refractivity contribution is 5.17. The molecule has 0 atom stereocenters. The maximum atomic E-state index is 5.69. The van der Waals surface area contributed by atoms with Crippen LogP contribution in [-0.4, -0.2) is 42.2 Å². The highest BCUT2D eigenvalue weighted by Crippen LogP contribution is 2.16. The summed E-state index contributed by atoms with van der Waals surface area (Å²) in [6, 6.07) is 4.12. The molecule has 1 saturated heterocycles. The van der Waals surface area contributed by atoms with Gasteiger partial charge < -0.3 is 10.5 Å². The zero-order valence-electron chi connectivity index (χ0n) is 11.1. The number of hydrogen-bond acceptors (Lipinski definition) is 4. The van der Waals surface area contributed by atoms with Gasteiger partial charge in [0.25, 0.3) is 0 Å². The van der Waals surface area contributed by atoms with Crippen LogP contribution >= 0.6 is 0 Å². The Hall–Kier alpha value is -0.970. The third kappa shape index (κ3) is 3.77. The van der Waals surface area contributed by atoms with Crippen LogP contribution in [0.3, 0.4) is 0 Å². The summed E-state index contributed by atoms with van der Waals surface area (Å²) in [6.45, 7) is 6.56. The first kappa shape index (κ1) is 13.5. The topological polar surface area (TPSA) is 51.4 Å². The predicted molar refractivity (Wildman–Crippen MR) is 72.3 cm³/mol. The van der Waals surface area contributed by atoms with Gasteiger partial charge in [-0.2, -0.15) is 0 Å². The van der Waals surface area contributed by atoms with Crippen molar-refractivity contribution in [2.24, 2.45) is 5.73 Å². The molecule has 2 N–H and O–H groups in total. The molecule has 1 aliphatic heterocycles. The van der Waals surface area contributed by atoms with Gasteiger partial charge in [-0.15, -0.1) is 0 Å². The second-order valence-electron chi connectivity index (χ2n) is 4.90. The van der Waals surface area contributed by atoms with E-state index in [1.54, 1.807) is 0 Å². The molecule has 0 bridgehead atoms. The highest BCUT2D eigenvalue weighted by Gasteiger charge is 2.20. The van der Waals surface area contributed by atoms with Crippen LogP contribution in [0.4, 0.5) is 0 Å². The summed E-state index contributed by atoms with van der Waals surface area (Å²) in [5.74, 6) is 0. The van der Waals surface area contributed by atoms with Crippen LogP contribution in [0, 0.1) is 6.92 Å². The van der Waals surface area contributed by atoms with Crippen LogP contribution in [0.25, 0.3) is 0 Å². The quantitative estimate of drug-likeness (QED) is 0.855. The molecule has 1 fully saturated rings. The Bertz CT molecular complexity index is 362. The maximum Gasteiger partial charge on any atom is 0.0600 e. The number of hydrogen-bond donors (Lipinski definition) is 1. The van der Waals surface area contributed by atoms with E-state index >= 15 is 0 Å². The van der Waals surface area contributed by atoms with E-state index in [0.29, 0.717) is 19.3 Å². The van der Waals surface area contributed by atoms with Gasteiger partial charge in [-0.1, -0.05) is 6.07 Å². The zero-order chi connectivity index (χ0) is 12.8. The summed E-state index contributed by atoms with van der Waals surface area (Å²) < 4.78 is 5.69. The lowest BCUT2D eigenvalue weighted by Crippen LogP contribution is -2.37. The molecule has 0 radical (unpaired) electrons. The monoisotopic (exact) mass is 249 g/mol. The second-order valence-corrected chi connectivity index (χ2v) is 4.90. The number of rotatable bonds is 5. The van der Waals surface area contributed by atoms with Crippen LogP contribution in [0.15, 0.2) is 18.3 Å². The highest BCUT2D eigenvalue weighted by atomic mass is 16.5. The van der Waals surface area contributed by atoms with E-state index in [2.05, 4.69) is 22.9 Å². The van der Waals surface area contributed by atoms with Crippen LogP contribution in [0.1, 0.15) is 24.1 Å². The van der Waals surface area contributed by atoms with Crippen molar-refractivity contribution in [1.29, 1.82) is 0 Å². The first-order valence-electron chi connectivity index (χ1n) is 6.74. The average Bonchev–Trinajstić information content (AvgIpc) is 2.41. The summed E-state index contributed by atoms with van der Waals surface area (Å²) >= 11 is 0. The smallest absolute Gasteiger partial charge is 0.0600 e. The van der Waals surface area contributed by atoms with Crippen LogP contribution < -0.4 is 5.73 Å². The van der Waals surface area contributed by atoms with Gasteiger partial charge >= 0.3 is 0 Å². The van der Waals surface area contributed by atoms with E-state index in [9.17, 15) is 0 Å². The number of aryl methyl sites for hydroxylation is 1. The standard InChI is InChI=1S/C14H23N3O/c1-12-3-2-7-16-14(12)11-17-8-4-13(5-9-17)18-10-6-15/h2-3,7,13H,4-6,8-11,15H2,1H3. The summed E-state index contributed by atoms with van der Waals surface area (Å²) in [5, 5.41) is 0. The fraction of sp³-hybridized carbons (Fsp3) is 0.643. The molecule has 0 aromatic carbocycles. The molecule has 4 heteroatoms. The Balaban J connectivity index is 1.78. The van der Waals surface area contributed by atoms with Crippen LogP contribution in [-0.2, 0) is 11.3 Å². The van der Waals surface area contributed by atoms with E-state index in [0.717, 1.165) is 32.5 Å². The minimum atomic E-state index is 0.398. The average molecular weight is 249 g/mol. The molecule has 1 aliphatic rings. The van der Waals surface area contributed by atoms with E-state index in [1.807, 2.05) is 12.3 Å². The number of likely N-dealkylation sites (tertiary alicyclic amines) is 1. The molecule has 1 aromatic rings. The molecule has 0 amide bonds. The van der Waals surface area contributed by atoms with Crippen molar-refractivity contribution in [3.63, 3.8) is 0 Å². The summed E-state index contributed by atoms with van der Waals surface area (Å²) in [7, 11) is 0. The third-order valence-electron chi connectivity index (χ3n) is 3.50. The van der Waals surface area contributed by atoms with Crippen molar-refractivity contribution in [2.75, 3.05) is 26.2 Å². The van der Waals surface area contributed by atoms with E-state index in [1.165, 1.54) is 11.3 Å². The number of ether oxygens (including phenoxy) is 1. The molecule has 0 saturated carbocycles. The largest absolute Gasteiger partial charge is 0.377 e. The fourth-order valence-electron chi connectivity index (χ4n) is 2.36. The predicted octanol–water partition coefficient (Wildman–Crippen LogP) is 1.33. The van der Waals surface area contributed by atoms with Gasteiger partial charge in [-0.05, 0) is 31.4 Å². The SMILES string of the molecule is Cc1cccnc1CN1CCC(OCCN)CC1. The first-order valence-corrected chi connectivity index (χ1v) is 6.74. The van der Waals surface area contributed by atoms with Crippen molar-refractivity contribution in [3.05, 3.63) is 29.6 Å². The van der Waals surface area contributed by atoms with Gasteiger partial charge in [0.15, 0.2) is 0 Å². The van der Waals surface area contributed by atoms with Gasteiger partial charge in [-0.25, -0.2) is 0 Å². The first-order chi connectivity index (χ1) is 8.79. The van der Waals surface area contributed by atoms with Crippen LogP contribution in [0.2, 0.25) is 0 Å². The number of piperidine rings is 1. The molecule has 2 heterocycles. The van der Waals surface area contributed by atoms with Gasteiger partial charge in [0.2, 0.25) is 0 Å². The van der Waals surface area contributed by atoms with Gasteiger partial charge in [0, 0.05) is 32.4 Å². The molecule has 18 heavy (non-hydrogen) atoms. The van der Waals surface area contributed by atoms with Gasteiger partial charge in [-0.3, -0.25) is 9.88 Å². The lowest BCUT2D eigenvalue weighted by molar-refractivity contribution is 0.00951. The third-order valence-corrected chi connectivity index (χ3v) is 3.50. The molecule has 0 unspecified atom stereocenters. The second kappa shape index (κ2) is 6.83. The number of pyridine rings is 1. The zero-order valence-corrected chi connectivity index (χ0v) is 11.1. The molecule has 0 spiro atoms. The van der Waals surface area contributed by atoms with Gasteiger partial charge in [0.05, 0.1) is 18.4 Å². The summed E-state index contributed by atoms with van der Waals surface area (Å²) in [6.07, 6.45) is 4.48. The fourth-order valence-corrected chi connectivity index (χ4v) is 2.36. The number of aromatic nitrogens is 1. The van der Waals surface area contributed by atoms with Crippen molar-refractivity contribution in [1.82, 2.24) is 9.88 Å². The van der Waals surface area contributed by atoms with E-state index in [-0.39, 0.29) is 0 Å². The lowest BCUT2D eigenvalue weighted by Gasteiger charge is -2.31. The molecule has 2 rings (SSSR count). The molecular weight excluding hydrogens is 226 g/mol. The summed E-state index contributed by atoms with van der Waals surface area (Å²) in [4.78, 5) is 6.91. The number of nitrogens with zero attached hydrogens (tertiary/aromatic N) is 2.